The fourth-order valence-corrected chi connectivity index (χ4v) is 3.33. The van der Waals surface area contributed by atoms with E-state index in [2.05, 4.69) is 32.0 Å². The lowest BCUT2D eigenvalue weighted by Crippen LogP contribution is -2.59. The summed E-state index contributed by atoms with van der Waals surface area (Å²) in [5.41, 5.74) is 1.81. The molecule has 1 atom stereocenters. The van der Waals surface area contributed by atoms with Gasteiger partial charge in [-0.15, -0.1) is 11.3 Å². The van der Waals surface area contributed by atoms with Gasteiger partial charge >= 0.3 is 6.03 Å². The highest BCUT2D eigenvalue weighted by Crippen LogP contribution is 2.19. The number of amides is 4. The molecule has 0 spiro atoms. The first-order chi connectivity index (χ1) is 12.9. The van der Waals surface area contributed by atoms with E-state index in [1.54, 1.807) is 49.6 Å². The average molecular weight is 453 g/mol. The Hall–Kier alpha value is -2.23. The second-order valence-corrected chi connectivity index (χ2v) is 7.96. The van der Waals surface area contributed by atoms with Gasteiger partial charge in [0.15, 0.2) is 0 Å². The summed E-state index contributed by atoms with van der Waals surface area (Å²) in [6, 6.07) is 10.2. The molecule has 3 N–H and O–H groups in total. The first kappa shape index (κ1) is 21.1. The Morgan fingerprint density at radius 2 is 1.96 bits per heavy atom. The van der Waals surface area contributed by atoms with Gasteiger partial charge in [0.2, 0.25) is 6.41 Å². The zero-order valence-corrected chi connectivity index (χ0v) is 17.4. The second-order valence-electron chi connectivity index (χ2n) is 6.01. The van der Waals surface area contributed by atoms with Gasteiger partial charge in [0, 0.05) is 15.0 Å². The van der Waals surface area contributed by atoms with E-state index in [-0.39, 0.29) is 0 Å². The number of likely N-dealkylation sites (N-methyl/N-ethyl adjacent to an activating group) is 1. The quantitative estimate of drug-likeness (QED) is 0.444. The van der Waals surface area contributed by atoms with E-state index in [4.69, 9.17) is 0 Å². The third-order valence-corrected chi connectivity index (χ3v) is 5.59. The third-order valence-electron chi connectivity index (χ3n) is 4.12. The number of hydrogen-bond donors (Lipinski definition) is 3. The molecule has 7 nitrogen and oxygen atoms in total. The molecule has 4 amide bonds. The van der Waals surface area contributed by atoms with Crippen molar-refractivity contribution in [1.29, 1.82) is 0 Å². The van der Waals surface area contributed by atoms with Crippen LogP contribution in [0.15, 0.2) is 46.3 Å². The molecule has 0 aliphatic heterocycles. The highest BCUT2D eigenvalue weighted by atomic mass is 79.9. The Bertz CT molecular complexity index is 782. The minimum atomic E-state index is -1.00. The fraction of sp³-hybridized carbons (Fsp3) is 0.278. The predicted molar refractivity (Wildman–Crippen MR) is 109 cm³/mol. The number of rotatable bonds is 7. The Morgan fingerprint density at radius 3 is 2.52 bits per heavy atom. The summed E-state index contributed by atoms with van der Waals surface area (Å²) >= 11 is 4.91. The average Bonchev–Trinajstić information content (AvgIpc) is 3.19. The van der Waals surface area contributed by atoms with Gasteiger partial charge in [-0.1, -0.05) is 22.0 Å². The number of nitrogens with one attached hydrogen (secondary N) is 3. The van der Waals surface area contributed by atoms with Crippen molar-refractivity contribution < 1.29 is 14.4 Å². The topological polar surface area (TPSA) is 90.5 Å². The molecule has 0 saturated heterocycles. The normalized spacial score (nSPS) is 12.7. The molecule has 27 heavy (non-hydrogen) atoms. The van der Waals surface area contributed by atoms with Gasteiger partial charge < -0.3 is 10.6 Å². The van der Waals surface area contributed by atoms with Gasteiger partial charge in [-0.25, -0.2) is 10.2 Å². The number of thiophene rings is 1. The minimum Gasteiger partial charge on any atom is -0.307 e. The van der Waals surface area contributed by atoms with Gasteiger partial charge in [-0.2, -0.15) is 5.01 Å². The molecular formula is C18H21BrN4O3S. The molecule has 1 unspecified atom stereocenters. The molecule has 0 fully saturated rings. The lowest BCUT2D eigenvalue weighted by molar-refractivity contribution is -0.145. The molecule has 2 rings (SSSR count). The molecular weight excluding hydrogens is 432 g/mol. The Kier molecular flexibility index (Phi) is 7.52. The molecule has 1 aromatic heterocycles. The predicted octanol–water partition coefficient (Wildman–Crippen LogP) is 3.14. The van der Waals surface area contributed by atoms with Crippen LogP contribution in [0.3, 0.4) is 0 Å². The number of halogens is 1. The van der Waals surface area contributed by atoms with Gasteiger partial charge in [0.25, 0.3) is 5.91 Å². The summed E-state index contributed by atoms with van der Waals surface area (Å²) < 4.78 is 0.869. The maximum Gasteiger partial charge on any atom is 0.338 e. The molecule has 9 heteroatoms. The number of hydrazine groups is 1. The molecule has 2 aromatic rings. The zero-order valence-electron chi connectivity index (χ0n) is 15.0. The number of carbonyl (C=O) groups excluding carboxylic acids is 3. The van der Waals surface area contributed by atoms with Crippen molar-refractivity contribution in [2.45, 2.75) is 25.3 Å². The van der Waals surface area contributed by atoms with E-state index < -0.39 is 17.5 Å². The van der Waals surface area contributed by atoms with Crippen LogP contribution in [-0.2, 0) is 16.0 Å². The van der Waals surface area contributed by atoms with E-state index in [1.165, 1.54) is 0 Å². The van der Waals surface area contributed by atoms with Crippen LogP contribution in [0.5, 0.6) is 0 Å². The van der Waals surface area contributed by atoms with Crippen molar-refractivity contribution in [3.8, 4) is 0 Å². The fourth-order valence-electron chi connectivity index (χ4n) is 2.36. The Balaban J connectivity index is 2.00. The maximum absolute atomic E-state index is 12.8. The van der Waals surface area contributed by atoms with Crippen molar-refractivity contribution in [1.82, 2.24) is 15.8 Å². The second kappa shape index (κ2) is 9.63. The van der Waals surface area contributed by atoms with Crippen molar-refractivity contribution in [2.24, 2.45) is 0 Å². The molecule has 1 aromatic carbocycles. The first-order valence-corrected chi connectivity index (χ1v) is 9.88. The van der Waals surface area contributed by atoms with Gasteiger partial charge in [-0.3, -0.25) is 9.59 Å². The Morgan fingerprint density at radius 1 is 1.26 bits per heavy atom. The first-order valence-electron chi connectivity index (χ1n) is 8.21. The summed E-state index contributed by atoms with van der Waals surface area (Å²) in [6.07, 6.45) is 1.45. The van der Waals surface area contributed by atoms with Crippen LogP contribution in [0, 0.1) is 0 Å². The molecule has 0 aliphatic rings. The highest BCUT2D eigenvalue weighted by molar-refractivity contribution is 9.10. The van der Waals surface area contributed by atoms with Crippen LogP contribution in [0.25, 0.3) is 0 Å². The largest absolute Gasteiger partial charge is 0.338 e. The van der Waals surface area contributed by atoms with Crippen LogP contribution < -0.4 is 16.1 Å². The van der Waals surface area contributed by atoms with Crippen LogP contribution in [0.1, 0.15) is 18.2 Å². The lowest BCUT2D eigenvalue weighted by atomic mass is 9.94. The van der Waals surface area contributed by atoms with Crippen LogP contribution in [0.4, 0.5) is 10.5 Å². The third kappa shape index (κ3) is 5.88. The van der Waals surface area contributed by atoms with Gasteiger partial charge in [0.1, 0.15) is 0 Å². The van der Waals surface area contributed by atoms with Crippen molar-refractivity contribution in [2.75, 3.05) is 12.4 Å². The van der Waals surface area contributed by atoms with Crippen molar-refractivity contribution in [3.05, 3.63) is 51.1 Å². The van der Waals surface area contributed by atoms with E-state index in [1.807, 2.05) is 17.5 Å². The molecule has 1 heterocycles. The van der Waals surface area contributed by atoms with Crippen LogP contribution >= 0.6 is 27.3 Å². The standard InChI is InChI=1S/C18H21BrN4O3S/c1-18(20-2,10-9-15-4-3-11-27-15)16(25)23(12-24)22-17(26)21-14-7-5-13(19)6-8-14/h3-8,11-12,20H,9-10H2,1-2H3,(H2,21,22,26). The molecule has 144 valence electrons. The van der Waals surface area contributed by atoms with Crippen LogP contribution in [-0.4, -0.2) is 35.9 Å². The summed E-state index contributed by atoms with van der Waals surface area (Å²) in [5.74, 6) is -0.539. The number of aryl methyl sites for hydroxylation is 1. The smallest absolute Gasteiger partial charge is 0.307 e. The van der Waals surface area contributed by atoms with Crippen LogP contribution in [0.2, 0.25) is 0 Å². The highest BCUT2D eigenvalue weighted by Gasteiger charge is 2.36. The zero-order chi connectivity index (χ0) is 19.9. The number of imide groups is 1. The number of carbonyl (C=O) groups is 3. The number of benzene rings is 1. The molecule has 0 saturated carbocycles. The van der Waals surface area contributed by atoms with Crippen molar-refractivity contribution in [3.63, 3.8) is 0 Å². The van der Waals surface area contributed by atoms with E-state index in [0.717, 1.165) is 9.35 Å². The lowest BCUT2D eigenvalue weighted by Gasteiger charge is -2.31. The summed E-state index contributed by atoms with van der Waals surface area (Å²) in [5, 5.41) is 8.17. The maximum atomic E-state index is 12.8. The van der Waals surface area contributed by atoms with E-state index in [0.29, 0.717) is 29.9 Å². The van der Waals surface area contributed by atoms with E-state index >= 15 is 0 Å². The van der Waals surface area contributed by atoms with Gasteiger partial charge in [-0.05, 0) is 62.5 Å². The summed E-state index contributed by atoms with van der Waals surface area (Å²) in [4.78, 5) is 37.5. The summed E-state index contributed by atoms with van der Waals surface area (Å²) in [6.45, 7) is 1.70. The number of anilines is 1. The van der Waals surface area contributed by atoms with Gasteiger partial charge in [0.05, 0.1) is 5.54 Å². The number of nitrogens with zero attached hydrogens (tertiary/aromatic N) is 1. The molecule has 0 bridgehead atoms. The SMILES string of the molecule is CNC(C)(CCc1cccs1)C(=O)N(C=O)NC(=O)Nc1ccc(Br)cc1. The van der Waals surface area contributed by atoms with E-state index in [9.17, 15) is 14.4 Å². The summed E-state index contributed by atoms with van der Waals surface area (Å²) in [7, 11) is 1.65. The number of hydrogen-bond acceptors (Lipinski definition) is 5. The minimum absolute atomic E-state index is 0.296. The molecule has 0 aliphatic carbocycles. The monoisotopic (exact) mass is 452 g/mol. The number of urea groups is 1. The molecule has 0 radical (unpaired) electrons. The van der Waals surface area contributed by atoms with Crippen molar-refractivity contribution >= 4 is 51.3 Å². The Labute approximate surface area is 170 Å².